The smallest absolute Gasteiger partial charge is 0.335 e. The highest BCUT2D eigenvalue weighted by atomic mass is 16.5. The number of ether oxygens (including phenoxy) is 1. The van der Waals surface area contributed by atoms with Gasteiger partial charge in [0, 0.05) is 0 Å². The van der Waals surface area contributed by atoms with Crippen molar-refractivity contribution in [1.82, 2.24) is 0 Å². The number of carboxylic acids is 1. The van der Waals surface area contributed by atoms with Crippen molar-refractivity contribution in [2.45, 2.75) is 18.0 Å². The quantitative estimate of drug-likeness (QED) is 0.166. The number of benzene rings is 5. The van der Waals surface area contributed by atoms with Crippen molar-refractivity contribution in [3.05, 3.63) is 149 Å². The summed E-state index contributed by atoms with van der Waals surface area (Å²) in [4.78, 5) is 11.4. The van der Waals surface area contributed by atoms with Gasteiger partial charge < -0.3 is 9.84 Å². The summed E-state index contributed by atoms with van der Waals surface area (Å²) in [6.07, 6.45) is 0. The van der Waals surface area contributed by atoms with Gasteiger partial charge in [-0.2, -0.15) is 15.5 Å². The highest BCUT2D eigenvalue weighted by Crippen LogP contribution is 2.43. The van der Waals surface area contributed by atoms with E-state index in [2.05, 4.69) is 6.07 Å². The number of rotatable bonds is 8. The number of aromatic carboxylic acids is 1. The van der Waals surface area contributed by atoms with Crippen molar-refractivity contribution in [3.63, 3.8) is 0 Å². The minimum atomic E-state index is -1.32. The molecular formula is C34H27N3O3. The van der Waals surface area contributed by atoms with Gasteiger partial charge in [-0.15, -0.1) is 0 Å². The van der Waals surface area contributed by atoms with Gasteiger partial charge in [-0.3, -0.25) is 0 Å². The van der Waals surface area contributed by atoms with E-state index in [9.17, 15) is 15.2 Å². The van der Waals surface area contributed by atoms with Crippen molar-refractivity contribution < 1.29 is 14.6 Å². The van der Waals surface area contributed by atoms with Crippen LogP contribution >= 0.6 is 0 Å². The molecule has 0 amide bonds. The van der Waals surface area contributed by atoms with Gasteiger partial charge in [0.15, 0.2) is 11.1 Å². The van der Waals surface area contributed by atoms with Crippen LogP contribution in [0.15, 0.2) is 132 Å². The van der Waals surface area contributed by atoms with Crippen molar-refractivity contribution in [1.29, 1.82) is 5.26 Å². The molecular weight excluding hydrogens is 498 g/mol. The van der Waals surface area contributed by atoms with E-state index in [-0.39, 0.29) is 5.56 Å². The predicted molar refractivity (Wildman–Crippen MR) is 154 cm³/mol. The fraction of sp³-hybridized carbons (Fsp3) is 0.118. The van der Waals surface area contributed by atoms with Gasteiger partial charge in [-0.25, -0.2) is 4.79 Å². The molecule has 40 heavy (non-hydrogen) atoms. The molecule has 6 nitrogen and oxygen atoms in total. The van der Waals surface area contributed by atoms with Gasteiger partial charge in [0.1, 0.15) is 5.75 Å². The van der Waals surface area contributed by atoms with Crippen LogP contribution in [-0.4, -0.2) is 18.2 Å². The SMILES string of the molecule is COc1ccc(C(/N=N/C(C)(C#N)c2ccc3cc(C(=O)O)ccc3c2)(c2ccccc2)c2ccccc2)cc1. The fourth-order valence-electron chi connectivity index (χ4n) is 4.87. The Morgan fingerprint density at radius 3 is 1.80 bits per heavy atom. The Morgan fingerprint density at radius 1 is 0.725 bits per heavy atom. The molecule has 196 valence electrons. The average molecular weight is 526 g/mol. The lowest BCUT2D eigenvalue weighted by Gasteiger charge is -2.32. The predicted octanol–water partition coefficient (Wildman–Crippen LogP) is 7.73. The second-order valence-electron chi connectivity index (χ2n) is 9.64. The summed E-state index contributed by atoms with van der Waals surface area (Å²) in [7, 11) is 1.63. The van der Waals surface area contributed by atoms with E-state index in [1.807, 2.05) is 97.1 Å². The number of azo groups is 1. The van der Waals surface area contributed by atoms with Crippen LogP contribution in [-0.2, 0) is 11.1 Å². The highest BCUT2D eigenvalue weighted by Gasteiger charge is 2.38. The molecule has 0 saturated heterocycles. The van der Waals surface area contributed by atoms with Crippen molar-refractivity contribution in [3.8, 4) is 11.8 Å². The number of carboxylic acid groups (broad SMARTS) is 1. The van der Waals surface area contributed by atoms with Gasteiger partial charge in [0.25, 0.3) is 0 Å². The lowest BCUT2D eigenvalue weighted by Crippen LogP contribution is -2.28. The summed E-state index contributed by atoms with van der Waals surface area (Å²) in [6, 6.07) is 40.3. The summed E-state index contributed by atoms with van der Waals surface area (Å²) in [5.41, 5.74) is 1.16. The molecule has 0 fully saturated rings. The second-order valence-corrected chi connectivity index (χ2v) is 9.64. The summed E-state index contributed by atoms with van der Waals surface area (Å²) in [5, 5.41) is 31.2. The first-order valence-corrected chi connectivity index (χ1v) is 12.8. The summed E-state index contributed by atoms with van der Waals surface area (Å²) in [6.45, 7) is 1.73. The molecule has 0 aliphatic carbocycles. The Bertz CT molecular complexity index is 1690. The molecule has 5 aromatic carbocycles. The van der Waals surface area contributed by atoms with E-state index in [0.29, 0.717) is 5.56 Å². The largest absolute Gasteiger partial charge is 0.497 e. The lowest BCUT2D eigenvalue weighted by molar-refractivity contribution is 0.0697. The zero-order valence-electron chi connectivity index (χ0n) is 22.2. The summed E-state index contributed by atoms with van der Waals surface area (Å²) in [5.74, 6) is -0.266. The molecule has 1 unspecified atom stereocenters. The number of fused-ring (bicyclic) bond motifs is 1. The molecule has 0 bridgehead atoms. The third-order valence-corrected chi connectivity index (χ3v) is 7.16. The fourth-order valence-corrected chi connectivity index (χ4v) is 4.87. The number of hydrogen-bond donors (Lipinski definition) is 1. The Kier molecular flexibility index (Phi) is 7.13. The topological polar surface area (TPSA) is 95.0 Å². The number of methoxy groups -OCH3 is 1. The standard InChI is InChI=1S/C34H27N3O3/c1-33(23-35,30-16-15-24-21-26(32(38)39)14-13-25(24)22-30)36-37-34(27-9-5-3-6-10-27,28-11-7-4-8-12-28)29-17-19-31(40-2)20-18-29/h3-22H,1-2H3,(H,38,39)/b37-36+. The molecule has 5 rings (SSSR count). The zero-order chi connectivity index (χ0) is 28.2. The van der Waals surface area contributed by atoms with Crippen LogP contribution in [0.2, 0.25) is 0 Å². The zero-order valence-corrected chi connectivity index (χ0v) is 22.2. The number of carbonyl (C=O) groups is 1. The second kappa shape index (κ2) is 10.8. The number of hydrogen-bond acceptors (Lipinski definition) is 5. The van der Waals surface area contributed by atoms with Gasteiger partial charge in [0.05, 0.1) is 18.7 Å². The first-order valence-electron chi connectivity index (χ1n) is 12.8. The maximum atomic E-state index is 11.4. The molecule has 0 aromatic heterocycles. The van der Waals surface area contributed by atoms with Gasteiger partial charge in [-0.05, 0) is 70.3 Å². The number of nitriles is 1. The molecule has 0 aliphatic rings. The highest BCUT2D eigenvalue weighted by molar-refractivity contribution is 5.94. The summed E-state index contributed by atoms with van der Waals surface area (Å²) < 4.78 is 5.41. The van der Waals surface area contributed by atoms with E-state index >= 15 is 0 Å². The molecule has 1 atom stereocenters. The first-order chi connectivity index (χ1) is 19.4. The Hall–Kier alpha value is -5.28. The van der Waals surface area contributed by atoms with Crippen LogP contribution in [0.3, 0.4) is 0 Å². The van der Waals surface area contributed by atoms with Gasteiger partial charge in [-0.1, -0.05) is 91.0 Å². The van der Waals surface area contributed by atoms with Gasteiger partial charge in [0.2, 0.25) is 0 Å². The molecule has 0 spiro atoms. The monoisotopic (exact) mass is 525 g/mol. The third kappa shape index (κ3) is 4.81. The minimum Gasteiger partial charge on any atom is -0.497 e. The molecule has 0 aliphatic heterocycles. The minimum absolute atomic E-state index is 0.206. The van der Waals surface area contributed by atoms with E-state index < -0.39 is 17.0 Å². The molecule has 5 aromatic rings. The summed E-state index contributed by atoms with van der Waals surface area (Å²) >= 11 is 0. The van der Waals surface area contributed by atoms with Crippen LogP contribution in [0.1, 0.15) is 39.5 Å². The van der Waals surface area contributed by atoms with E-state index in [0.717, 1.165) is 33.2 Å². The molecule has 0 heterocycles. The average Bonchev–Trinajstić information content (AvgIpc) is 3.02. The van der Waals surface area contributed by atoms with Crippen molar-refractivity contribution in [2.24, 2.45) is 10.2 Å². The van der Waals surface area contributed by atoms with Crippen LogP contribution in [0.25, 0.3) is 10.8 Å². The van der Waals surface area contributed by atoms with Crippen molar-refractivity contribution in [2.75, 3.05) is 7.11 Å². The Labute approximate surface area is 232 Å². The van der Waals surface area contributed by atoms with Gasteiger partial charge >= 0.3 is 5.97 Å². The maximum Gasteiger partial charge on any atom is 0.335 e. The molecule has 1 N–H and O–H groups in total. The normalized spacial score (nSPS) is 13.0. The molecule has 0 saturated carbocycles. The first kappa shape index (κ1) is 26.3. The molecule has 0 radical (unpaired) electrons. The third-order valence-electron chi connectivity index (χ3n) is 7.16. The van der Waals surface area contributed by atoms with Crippen LogP contribution in [0.4, 0.5) is 0 Å². The Morgan fingerprint density at radius 2 is 1.25 bits per heavy atom. The van der Waals surface area contributed by atoms with Crippen LogP contribution < -0.4 is 4.74 Å². The maximum absolute atomic E-state index is 11.4. The van der Waals surface area contributed by atoms with E-state index in [1.54, 1.807) is 38.3 Å². The van der Waals surface area contributed by atoms with E-state index in [1.165, 1.54) is 0 Å². The number of nitrogens with zero attached hydrogens (tertiary/aromatic N) is 3. The van der Waals surface area contributed by atoms with E-state index in [4.69, 9.17) is 15.0 Å². The Balaban J connectivity index is 1.70. The van der Waals surface area contributed by atoms with Crippen LogP contribution in [0, 0.1) is 11.3 Å². The molecule has 6 heteroatoms. The van der Waals surface area contributed by atoms with Crippen molar-refractivity contribution >= 4 is 16.7 Å². The lowest BCUT2D eigenvalue weighted by atomic mass is 9.78. The van der Waals surface area contributed by atoms with Crippen LogP contribution in [0.5, 0.6) is 5.75 Å².